The number of halogens is 1. The Morgan fingerprint density at radius 3 is 2.29 bits per heavy atom. The summed E-state index contributed by atoms with van der Waals surface area (Å²) in [6.45, 7) is 0.337. The van der Waals surface area contributed by atoms with Gasteiger partial charge in [0.05, 0.1) is 19.2 Å². The van der Waals surface area contributed by atoms with Crippen molar-refractivity contribution in [2.45, 2.75) is 13.0 Å². The van der Waals surface area contributed by atoms with Crippen molar-refractivity contribution >= 4 is 52.8 Å². The lowest BCUT2D eigenvalue weighted by molar-refractivity contribution is -0.136. The molecule has 4 aromatic carbocycles. The molecular weight excluding hydrogens is 594 g/mol. The van der Waals surface area contributed by atoms with E-state index in [2.05, 4.69) is 30.9 Å². The van der Waals surface area contributed by atoms with E-state index in [1.807, 2.05) is 66.7 Å². The van der Waals surface area contributed by atoms with E-state index >= 15 is 0 Å². The molecule has 1 aromatic heterocycles. The molecule has 0 unspecified atom stereocenters. The highest BCUT2D eigenvalue weighted by Gasteiger charge is 2.19. The summed E-state index contributed by atoms with van der Waals surface area (Å²) in [4.78, 5) is 40.0. The number of hydrogen-bond acceptors (Lipinski definition) is 8. The van der Waals surface area contributed by atoms with E-state index < -0.39 is 12.0 Å². The molecule has 0 saturated carbocycles. The normalized spacial score (nSPS) is 10.5. The molecule has 0 atom stereocenters. The monoisotopic (exact) mass is 623 g/mol. The van der Waals surface area contributed by atoms with Crippen LogP contribution in [0.3, 0.4) is 0 Å². The number of amides is 2. The predicted molar refractivity (Wildman–Crippen MR) is 175 cm³/mol. The quantitative estimate of drug-likeness (QED) is 0.115. The number of anilines is 5. The third-order valence-electron chi connectivity index (χ3n) is 6.60. The molecule has 12 heteroatoms. The standard InChI is InChI=1S/C33H30ClN7O4/c1-45-28-17-8-7-16-27(28)36-33(44)40-31-37-30(35-26-15-6-5-14-25(26)23-11-3-2-4-12-23)38-32(39-31)41(19-18-29(42)43)21-22-10-9-13-24(34)20-22/h2-17,20H,18-19,21H2,1H3,(H,42,43)(H3,35,36,37,38,39,40,44). The van der Waals surface area contributed by atoms with E-state index in [1.54, 1.807) is 41.3 Å². The zero-order chi connectivity index (χ0) is 31.6. The van der Waals surface area contributed by atoms with Gasteiger partial charge in [0.15, 0.2) is 0 Å². The minimum absolute atomic E-state index is 0.0569. The van der Waals surface area contributed by atoms with E-state index in [-0.39, 0.29) is 37.4 Å². The smallest absolute Gasteiger partial charge is 0.326 e. The second kappa shape index (κ2) is 14.7. The number of para-hydroxylation sites is 3. The summed E-state index contributed by atoms with van der Waals surface area (Å²) >= 11 is 6.23. The second-order valence-electron chi connectivity index (χ2n) is 9.79. The van der Waals surface area contributed by atoms with Gasteiger partial charge in [0.25, 0.3) is 0 Å². The largest absolute Gasteiger partial charge is 0.495 e. The number of rotatable bonds is 12. The van der Waals surface area contributed by atoms with Gasteiger partial charge in [-0.25, -0.2) is 4.79 Å². The van der Waals surface area contributed by atoms with Gasteiger partial charge in [-0.3, -0.25) is 10.1 Å². The number of benzene rings is 4. The predicted octanol–water partition coefficient (Wildman–Crippen LogP) is 7.07. The highest BCUT2D eigenvalue weighted by molar-refractivity contribution is 6.30. The first-order chi connectivity index (χ1) is 21.9. The molecule has 11 nitrogen and oxygen atoms in total. The number of urea groups is 1. The number of aromatic nitrogens is 3. The third kappa shape index (κ3) is 8.46. The van der Waals surface area contributed by atoms with Crippen molar-refractivity contribution in [1.29, 1.82) is 0 Å². The van der Waals surface area contributed by atoms with Crippen molar-refractivity contribution in [2.24, 2.45) is 0 Å². The zero-order valence-electron chi connectivity index (χ0n) is 24.3. The van der Waals surface area contributed by atoms with Crippen molar-refractivity contribution in [3.8, 4) is 16.9 Å². The Morgan fingerprint density at radius 2 is 1.53 bits per heavy atom. The van der Waals surface area contributed by atoms with Crippen molar-refractivity contribution in [3.63, 3.8) is 0 Å². The first kappa shape index (κ1) is 30.8. The van der Waals surface area contributed by atoms with Gasteiger partial charge in [0.2, 0.25) is 17.8 Å². The lowest BCUT2D eigenvalue weighted by Crippen LogP contribution is -2.29. The fourth-order valence-electron chi connectivity index (χ4n) is 4.54. The maximum Gasteiger partial charge on any atom is 0.326 e. The summed E-state index contributed by atoms with van der Waals surface area (Å²) in [6.07, 6.45) is -0.178. The summed E-state index contributed by atoms with van der Waals surface area (Å²) < 4.78 is 5.33. The lowest BCUT2D eigenvalue weighted by Gasteiger charge is -2.23. The van der Waals surface area contributed by atoms with E-state index in [0.29, 0.717) is 16.5 Å². The van der Waals surface area contributed by atoms with Crippen LogP contribution in [0.2, 0.25) is 5.02 Å². The van der Waals surface area contributed by atoms with Crippen LogP contribution in [0.1, 0.15) is 12.0 Å². The van der Waals surface area contributed by atoms with Gasteiger partial charge >= 0.3 is 12.0 Å². The highest BCUT2D eigenvalue weighted by atomic mass is 35.5. The van der Waals surface area contributed by atoms with Crippen molar-refractivity contribution in [3.05, 3.63) is 114 Å². The lowest BCUT2D eigenvalue weighted by atomic mass is 10.0. The van der Waals surface area contributed by atoms with Crippen LogP contribution in [0.4, 0.5) is 34.0 Å². The van der Waals surface area contributed by atoms with Crippen LogP contribution in [-0.4, -0.2) is 45.7 Å². The zero-order valence-corrected chi connectivity index (χ0v) is 25.0. The number of carboxylic acids is 1. The first-order valence-corrected chi connectivity index (χ1v) is 14.4. The van der Waals surface area contributed by atoms with E-state index in [9.17, 15) is 14.7 Å². The maximum atomic E-state index is 13.1. The molecular formula is C33H30ClN7O4. The second-order valence-corrected chi connectivity index (χ2v) is 10.2. The molecule has 5 rings (SSSR count). The van der Waals surface area contributed by atoms with Gasteiger partial charge in [-0.15, -0.1) is 0 Å². The van der Waals surface area contributed by atoms with Gasteiger partial charge in [0.1, 0.15) is 5.75 Å². The topological polar surface area (TPSA) is 142 Å². The SMILES string of the molecule is COc1ccccc1NC(=O)Nc1nc(Nc2ccccc2-c2ccccc2)nc(N(CCC(=O)O)Cc2cccc(Cl)c2)n1. The molecule has 0 saturated heterocycles. The number of nitrogens with zero attached hydrogens (tertiary/aromatic N) is 4. The summed E-state index contributed by atoms with van der Waals surface area (Å²) in [6, 6.07) is 31.1. The van der Waals surface area contributed by atoms with Gasteiger partial charge in [-0.1, -0.05) is 84.4 Å². The number of hydrogen-bond donors (Lipinski definition) is 4. The average Bonchev–Trinajstić information content (AvgIpc) is 3.04. The molecule has 0 aliphatic heterocycles. The number of aliphatic carboxylic acids is 1. The average molecular weight is 624 g/mol. The summed E-state index contributed by atoms with van der Waals surface area (Å²) in [5.74, 6) is -0.269. The molecule has 0 fully saturated rings. The molecule has 45 heavy (non-hydrogen) atoms. The Hall–Kier alpha value is -5.68. The van der Waals surface area contributed by atoms with Gasteiger partial charge < -0.3 is 25.4 Å². The molecule has 0 radical (unpaired) electrons. The van der Waals surface area contributed by atoms with Crippen molar-refractivity contribution in [2.75, 3.05) is 34.5 Å². The Labute approximate surface area is 264 Å². The minimum atomic E-state index is -0.982. The van der Waals surface area contributed by atoms with Crippen LogP contribution in [0.25, 0.3) is 11.1 Å². The van der Waals surface area contributed by atoms with Crippen molar-refractivity contribution < 1.29 is 19.4 Å². The van der Waals surface area contributed by atoms with Crippen LogP contribution in [-0.2, 0) is 11.3 Å². The van der Waals surface area contributed by atoms with Gasteiger partial charge in [-0.2, -0.15) is 15.0 Å². The molecule has 4 N–H and O–H groups in total. The van der Waals surface area contributed by atoms with Crippen LogP contribution in [0, 0.1) is 0 Å². The molecule has 0 aliphatic rings. The van der Waals surface area contributed by atoms with Gasteiger partial charge in [-0.05, 0) is 41.5 Å². The number of carbonyl (C=O) groups excluding carboxylic acids is 1. The molecule has 228 valence electrons. The number of carboxylic acid groups (broad SMARTS) is 1. The van der Waals surface area contributed by atoms with E-state index in [4.69, 9.17) is 16.3 Å². The Balaban J connectivity index is 1.52. The molecule has 0 spiro atoms. The summed E-state index contributed by atoms with van der Waals surface area (Å²) in [5, 5.41) is 18.7. The Morgan fingerprint density at radius 1 is 0.822 bits per heavy atom. The molecule has 0 aliphatic carbocycles. The van der Waals surface area contributed by atoms with Crippen molar-refractivity contribution in [1.82, 2.24) is 15.0 Å². The number of ether oxygens (including phenoxy) is 1. The van der Waals surface area contributed by atoms with Gasteiger partial charge in [0, 0.05) is 29.4 Å². The van der Waals surface area contributed by atoms with E-state index in [0.717, 1.165) is 22.4 Å². The molecule has 0 bridgehead atoms. The maximum absolute atomic E-state index is 13.1. The Kier molecular flexibility index (Phi) is 10.0. The fourth-order valence-corrected chi connectivity index (χ4v) is 4.75. The minimum Gasteiger partial charge on any atom is -0.495 e. The highest BCUT2D eigenvalue weighted by Crippen LogP contribution is 2.30. The Bertz CT molecular complexity index is 1790. The summed E-state index contributed by atoms with van der Waals surface area (Å²) in [7, 11) is 1.51. The van der Waals surface area contributed by atoms with Crippen LogP contribution >= 0.6 is 11.6 Å². The fraction of sp³-hybridized carbons (Fsp3) is 0.121. The van der Waals surface area contributed by atoms with Crippen LogP contribution in [0.15, 0.2) is 103 Å². The summed E-state index contributed by atoms with van der Waals surface area (Å²) in [5.41, 5.74) is 3.88. The molecule has 5 aromatic rings. The molecule has 1 heterocycles. The number of nitrogens with one attached hydrogen (secondary N) is 3. The van der Waals surface area contributed by atoms with E-state index in [1.165, 1.54) is 7.11 Å². The number of carbonyl (C=O) groups is 2. The first-order valence-electron chi connectivity index (χ1n) is 14.0. The third-order valence-corrected chi connectivity index (χ3v) is 6.84. The molecule has 2 amide bonds. The number of methoxy groups -OCH3 is 1. The van der Waals surface area contributed by atoms with Crippen LogP contribution < -0.4 is 25.6 Å². The van der Waals surface area contributed by atoms with Crippen LogP contribution in [0.5, 0.6) is 5.75 Å².